The van der Waals surface area contributed by atoms with Gasteiger partial charge >= 0.3 is 0 Å². The molecular formula is C15H17NO3. The number of hydrogen-bond acceptors (Lipinski definition) is 3. The molecule has 2 aliphatic heterocycles. The van der Waals surface area contributed by atoms with Gasteiger partial charge in [0.15, 0.2) is 0 Å². The lowest BCUT2D eigenvalue weighted by Crippen LogP contribution is -2.57. The largest absolute Gasteiger partial charge is 0.373 e. The van der Waals surface area contributed by atoms with E-state index in [4.69, 9.17) is 0 Å². The van der Waals surface area contributed by atoms with Gasteiger partial charge in [0.1, 0.15) is 0 Å². The standard InChI is InChI=1S/C15H17NO3/c1-2-3-8-15(19)13(17)11-6-4-5-10-7-9-16(12(10)11)14(15)18/h4-6,19H,2-3,7-9H2,1H3. The molecule has 1 amide bonds. The van der Waals surface area contributed by atoms with Gasteiger partial charge in [-0.1, -0.05) is 25.5 Å². The number of para-hydroxylation sites is 1. The van der Waals surface area contributed by atoms with Crippen LogP contribution in [0.4, 0.5) is 5.69 Å². The zero-order chi connectivity index (χ0) is 13.6. The minimum atomic E-state index is -1.86. The Kier molecular flexibility index (Phi) is 2.71. The van der Waals surface area contributed by atoms with Crippen molar-refractivity contribution in [2.24, 2.45) is 0 Å². The molecule has 0 bridgehead atoms. The molecule has 1 aromatic rings. The number of nitrogens with zero attached hydrogens (tertiary/aromatic N) is 1. The zero-order valence-electron chi connectivity index (χ0n) is 11.0. The van der Waals surface area contributed by atoms with E-state index < -0.39 is 17.3 Å². The number of carbonyl (C=O) groups is 2. The number of aliphatic hydroxyl groups is 1. The summed E-state index contributed by atoms with van der Waals surface area (Å²) < 4.78 is 0. The summed E-state index contributed by atoms with van der Waals surface area (Å²) in [5, 5.41) is 10.6. The molecular weight excluding hydrogens is 242 g/mol. The molecule has 4 heteroatoms. The molecule has 2 heterocycles. The Labute approximate surface area is 112 Å². The van der Waals surface area contributed by atoms with E-state index in [9.17, 15) is 14.7 Å². The summed E-state index contributed by atoms with van der Waals surface area (Å²) in [6.07, 6.45) is 2.47. The lowest BCUT2D eigenvalue weighted by Gasteiger charge is -2.36. The number of unbranched alkanes of at least 4 members (excludes halogenated alkanes) is 1. The average molecular weight is 259 g/mol. The Balaban J connectivity index is 2.11. The van der Waals surface area contributed by atoms with Gasteiger partial charge in [0.05, 0.1) is 5.69 Å². The number of carbonyl (C=O) groups excluding carboxylic acids is 2. The summed E-state index contributed by atoms with van der Waals surface area (Å²) in [6, 6.07) is 5.48. The van der Waals surface area contributed by atoms with Crippen molar-refractivity contribution in [1.82, 2.24) is 0 Å². The first kappa shape index (κ1) is 12.4. The highest BCUT2D eigenvalue weighted by molar-refractivity contribution is 6.27. The second-order valence-electron chi connectivity index (χ2n) is 5.31. The predicted molar refractivity (Wildman–Crippen MR) is 71.3 cm³/mol. The molecule has 19 heavy (non-hydrogen) atoms. The number of hydrogen-bond donors (Lipinski definition) is 1. The first-order valence-corrected chi connectivity index (χ1v) is 6.80. The smallest absolute Gasteiger partial charge is 0.267 e. The minimum absolute atomic E-state index is 0.210. The normalized spacial score (nSPS) is 24.8. The molecule has 0 spiro atoms. The van der Waals surface area contributed by atoms with Crippen LogP contribution in [0.3, 0.4) is 0 Å². The van der Waals surface area contributed by atoms with Crippen LogP contribution in [0.15, 0.2) is 18.2 Å². The summed E-state index contributed by atoms with van der Waals surface area (Å²) in [5.41, 5.74) is 0.384. The third-order valence-corrected chi connectivity index (χ3v) is 4.11. The summed E-state index contributed by atoms with van der Waals surface area (Å²) in [5.74, 6) is -0.871. The van der Waals surface area contributed by atoms with Gasteiger partial charge < -0.3 is 10.0 Å². The van der Waals surface area contributed by atoms with Crippen LogP contribution in [0.2, 0.25) is 0 Å². The van der Waals surface area contributed by atoms with E-state index in [0.29, 0.717) is 18.5 Å². The van der Waals surface area contributed by atoms with Gasteiger partial charge in [-0.15, -0.1) is 0 Å². The Bertz CT molecular complexity index is 567. The lowest BCUT2D eigenvalue weighted by atomic mass is 9.82. The number of Topliss-reactive ketones (excluding diaryl/α,β-unsaturated/α-hetero) is 1. The van der Waals surface area contributed by atoms with Crippen LogP contribution < -0.4 is 4.90 Å². The van der Waals surface area contributed by atoms with Gasteiger partial charge in [-0.05, 0) is 30.9 Å². The molecule has 100 valence electrons. The van der Waals surface area contributed by atoms with E-state index in [1.807, 2.05) is 19.1 Å². The van der Waals surface area contributed by atoms with Crippen molar-refractivity contribution in [1.29, 1.82) is 0 Å². The molecule has 4 nitrogen and oxygen atoms in total. The number of anilines is 1. The Morgan fingerprint density at radius 2 is 2.16 bits per heavy atom. The molecule has 3 rings (SSSR count). The number of benzene rings is 1. The highest BCUT2D eigenvalue weighted by atomic mass is 16.3. The molecule has 1 unspecified atom stereocenters. The Hall–Kier alpha value is -1.68. The Morgan fingerprint density at radius 1 is 1.37 bits per heavy atom. The van der Waals surface area contributed by atoms with Crippen LogP contribution in [-0.4, -0.2) is 28.9 Å². The van der Waals surface area contributed by atoms with E-state index in [0.717, 1.165) is 24.1 Å². The lowest BCUT2D eigenvalue weighted by molar-refractivity contribution is -0.133. The Morgan fingerprint density at radius 3 is 2.89 bits per heavy atom. The van der Waals surface area contributed by atoms with Crippen LogP contribution in [0.5, 0.6) is 0 Å². The number of rotatable bonds is 3. The van der Waals surface area contributed by atoms with Gasteiger partial charge in [0, 0.05) is 12.1 Å². The van der Waals surface area contributed by atoms with Crippen LogP contribution in [0, 0.1) is 0 Å². The molecule has 0 saturated heterocycles. The van der Waals surface area contributed by atoms with Crippen LogP contribution >= 0.6 is 0 Å². The molecule has 1 N–H and O–H groups in total. The van der Waals surface area contributed by atoms with Crippen molar-refractivity contribution in [3.8, 4) is 0 Å². The SMILES string of the molecule is CCCCC1(O)C(=O)c2cccc3c2N(CC3)C1=O. The van der Waals surface area contributed by atoms with E-state index >= 15 is 0 Å². The highest BCUT2D eigenvalue weighted by Crippen LogP contribution is 2.40. The van der Waals surface area contributed by atoms with Crippen molar-refractivity contribution >= 4 is 17.4 Å². The molecule has 0 radical (unpaired) electrons. The quantitative estimate of drug-likeness (QED) is 0.840. The van der Waals surface area contributed by atoms with Crippen molar-refractivity contribution in [2.45, 2.75) is 38.2 Å². The average Bonchev–Trinajstić information content (AvgIpc) is 2.85. The predicted octanol–water partition coefficient (Wildman–Crippen LogP) is 1.69. The topological polar surface area (TPSA) is 57.6 Å². The molecule has 0 aromatic heterocycles. The second-order valence-corrected chi connectivity index (χ2v) is 5.31. The summed E-state index contributed by atoms with van der Waals surface area (Å²) in [6.45, 7) is 2.54. The second kappa shape index (κ2) is 4.17. The van der Waals surface area contributed by atoms with Gasteiger partial charge in [0.2, 0.25) is 11.4 Å². The maximum absolute atomic E-state index is 12.5. The van der Waals surface area contributed by atoms with Crippen LogP contribution in [0.25, 0.3) is 0 Å². The van der Waals surface area contributed by atoms with Gasteiger partial charge in [-0.3, -0.25) is 9.59 Å². The van der Waals surface area contributed by atoms with E-state index in [1.54, 1.807) is 11.0 Å². The van der Waals surface area contributed by atoms with Gasteiger partial charge in [-0.2, -0.15) is 0 Å². The fourth-order valence-electron chi connectivity index (χ4n) is 3.04. The van der Waals surface area contributed by atoms with Crippen molar-refractivity contribution in [3.05, 3.63) is 29.3 Å². The molecule has 0 saturated carbocycles. The zero-order valence-corrected chi connectivity index (χ0v) is 11.0. The van der Waals surface area contributed by atoms with Crippen LogP contribution in [0.1, 0.15) is 42.1 Å². The monoisotopic (exact) mass is 259 g/mol. The van der Waals surface area contributed by atoms with E-state index in [2.05, 4.69) is 0 Å². The summed E-state index contributed by atoms with van der Waals surface area (Å²) in [7, 11) is 0. The third-order valence-electron chi connectivity index (χ3n) is 4.11. The fourth-order valence-corrected chi connectivity index (χ4v) is 3.04. The summed E-state index contributed by atoms with van der Waals surface area (Å²) >= 11 is 0. The number of ketones is 1. The van der Waals surface area contributed by atoms with Crippen molar-refractivity contribution in [2.75, 3.05) is 11.4 Å². The molecule has 2 aliphatic rings. The van der Waals surface area contributed by atoms with Gasteiger partial charge in [-0.25, -0.2) is 0 Å². The fraction of sp³-hybridized carbons (Fsp3) is 0.467. The van der Waals surface area contributed by atoms with Crippen LogP contribution in [-0.2, 0) is 11.2 Å². The molecule has 0 aliphatic carbocycles. The highest BCUT2D eigenvalue weighted by Gasteiger charge is 2.52. The molecule has 0 fully saturated rings. The van der Waals surface area contributed by atoms with Crippen molar-refractivity contribution < 1.29 is 14.7 Å². The maximum Gasteiger partial charge on any atom is 0.267 e. The minimum Gasteiger partial charge on any atom is -0.373 e. The molecule has 1 atom stereocenters. The third kappa shape index (κ3) is 1.56. The molecule has 1 aromatic carbocycles. The first-order valence-electron chi connectivity index (χ1n) is 6.80. The van der Waals surface area contributed by atoms with E-state index in [-0.39, 0.29) is 6.42 Å². The number of amides is 1. The van der Waals surface area contributed by atoms with E-state index in [1.165, 1.54) is 0 Å². The first-order chi connectivity index (χ1) is 9.09. The van der Waals surface area contributed by atoms with Crippen molar-refractivity contribution in [3.63, 3.8) is 0 Å². The summed E-state index contributed by atoms with van der Waals surface area (Å²) in [4.78, 5) is 26.5. The van der Waals surface area contributed by atoms with Gasteiger partial charge in [0.25, 0.3) is 5.91 Å². The maximum atomic E-state index is 12.5.